The third kappa shape index (κ3) is 5.38. The molecule has 4 aliphatic carbocycles. The van der Waals surface area contributed by atoms with Crippen molar-refractivity contribution in [1.29, 1.82) is 0 Å². The Bertz CT molecular complexity index is 996. The lowest BCUT2D eigenvalue weighted by Gasteiger charge is -2.64. The Morgan fingerprint density at radius 1 is 1.03 bits per heavy atom. The van der Waals surface area contributed by atoms with Gasteiger partial charge in [0.15, 0.2) is 10.6 Å². The third-order valence-electron chi connectivity index (χ3n) is 11.6. The van der Waals surface area contributed by atoms with E-state index in [-0.39, 0.29) is 23.7 Å². The Morgan fingerprint density at radius 2 is 1.74 bits per heavy atom. The molecule has 0 aromatic carbocycles. The van der Waals surface area contributed by atoms with Crippen molar-refractivity contribution in [3.8, 4) is 0 Å². The molecule has 0 aromatic heterocycles. The maximum absolute atomic E-state index is 12.5. The predicted octanol–water partition coefficient (Wildman–Crippen LogP) is 6.97. The highest BCUT2D eigenvalue weighted by Crippen LogP contribution is 2.69. The molecule has 0 saturated heterocycles. The van der Waals surface area contributed by atoms with E-state index in [1.807, 2.05) is 0 Å². The number of ether oxygens (including phenoxy) is 2. The van der Waals surface area contributed by atoms with Crippen molar-refractivity contribution >= 4 is 17.7 Å². The summed E-state index contributed by atoms with van der Waals surface area (Å²) in [5, 5.41) is 15.2. The number of carbonyl (C=O) groups is 2. The molecule has 0 amide bonds. The second-order valence-corrected chi connectivity index (χ2v) is 14.2. The van der Waals surface area contributed by atoms with Gasteiger partial charge < -0.3 is 9.47 Å². The van der Waals surface area contributed by atoms with Crippen LogP contribution in [0.1, 0.15) is 119 Å². The van der Waals surface area contributed by atoms with E-state index in [0.717, 1.165) is 25.2 Å². The van der Waals surface area contributed by atoms with Gasteiger partial charge in [-0.05, 0) is 85.9 Å². The SMILES string of the molecule is CC(=O)O[C@H]1CC[C@]2(C)[C@@H]3CC[C@@]4(C)[C@H](CC[C@@H]4[C@H](C)CCCC(C)C)[C@@H]3C/C(=N/[N+](=O)[O-])[C@@]2(OC(C)=O)C1. The molecular formula is C31H50N2O6. The first kappa shape index (κ1) is 30.0. The second kappa shape index (κ2) is 11.1. The van der Waals surface area contributed by atoms with Gasteiger partial charge in [0, 0.05) is 25.7 Å². The third-order valence-corrected chi connectivity index (χ3v) is 11.6. The van der Waals surface area contributed by atoms with E-state index < -0.39 is 34.1 Å². The summed E-state index contributed by atoms with van der Waals surface area (Å²) in [6.45, 7) is 14.4. The molecule has 0 N–H and O–H groups in total. The molecule has 0 heterocycles. The average Bonchev–Trinajstić information content (AvgIpc) is 3.16. The Kier molecular flexibility index (Phi) is 8.55. The zero-order valence-electron chi connectivity index (χ0n) is 25.2. The van der Waals surface area contributed by atoms with Crippen LogP contribution in [0.15, 0.2) is 5.10 Å². The predicted molar refractivity (Wildman–Crippen MR) is 149 cm³/mol. The fraction of sp³-hybridized carbons (Fsp3) is 0.903. The van der Waals surface area contributed by atoms with Crippen molar-refractivity contribution in [1.82, 2.24) is 0 Å². The Hall–Kier alpha value is -1.99. The number of nitro groups is 1. The van der Waals surface area contributed by atoms with Crippen LogP contribution in [0.3, 0.4) is 0 Å². The summed E-state index contributed by atoms with van der Waals surface area (Å²) in [7, 11) is 0. The number of rotatable bonds is 8. The summed E-state index contributed by atoms with van der Waals surface area (Å²) < 4.78 is 11.8. The standard InChI is InChI=1S/C31H50N2O6/c1-19(2)9-8-10-20(3)25-11-12-26-24-17-28(32-33(36)37)31(39-22(5)35)18-23(38-21(4)34)13-16-30(31,7)27(24)14-15-29(25,26)6/h19-20,23-27H,8-18H2,1-7H3/b32-28-/t20-,23+,24+,25-,26-,27-,29-,30-,31+/m1/s1. The molecule has 0 bridgehead atoms. The van der Waals surface area contributed by atoms with Crippen molar-refractivity contribution in [3.63, 3.8) is 0 Å². The molecule has 0 aliphatic heterocycles. The van der Waals surface area contributed by atoms with Gasteiger partial charge in [-0.25, -0.2) is 10.1 Å². The quantitative estimate of drug-likeness (QED) is 0.185. The molecule has 39 heavy (non-hydrogen) atoms. The van der Waals surface area contributed by atoms with E-state index in [1.54, 1.807) is 0 Å². The van der Waals surface area contributed by atoms with Crippen molar-refractivity contribution in [2.24, 2.45) is 51.4 Å². The molecule has 4 rings (SSSR count). The number of esters is 2. The van der Waals surface area contributed by atoms with Gasteiger partial charge in [-0.15, -0.1) is 0 Å². The van der Waals surface area contributed by atoms with Crippen LogP contribution in [0.25, 0.3) is 0 Å². The molecule has 8 heteroatoms. The molecule has 0 unspecified atom stereocenters. The first-order valence-corrected chi connectivity index (χ1v) is 15.3. The fourth-order valence-electron chi connectivity index (χ4n) is 10.0. The minimum Gasteiger partial charge on any atom is -0.462 e. The number of nitrogens with zero attached hydrogens (tertiary/aromatic N) is 2. The van der Waals surface area contributed by atoms with E-state index in [9.17, 15) is 19.7 Å². The molecule has 220 valence electrons. The Balaban J connectivity index is 1.69. The minimum absolute atomic E-state index is 0.213. The highest BCUT2D eigenvalue weighted by Gasteiger charge is 2.70. The summed E-state index contributed by atoms with van der Waals surface area (Å²) in [6.07, 6.45) is 9.91. The number of hydrogen-bond donors (Lipinski definition) is 0. The van der Waals surface area contributed by atoms with E-state index in [1.165, 1.54) is 39.5 Å². The number of carbonyl (C=O) groups excluding carboxylic acids is 2. The zero-order valence-corrected chi connectivity index (χ0v) is 25.2. The van der Waals surface area contributed by atoms with E-state index in [4.69, 9.17) is 9.47 Å². The van der Waals surface area contributed by atoms with Crippen molar-refractivity contribution in [2.75, 3.05) is 0 Å². The Morgan fingerprint density at radius 3 is 2.36 bits per heavy atom. The summed E-state index contributed by atoms with van der Waals surface area (Å²) >= 11 is 0. The second-order valence-electron chi connectivity index (χ2n) is 14.2. The van der Waals surface area contributed by atoms with Crippen LogP contribution in [0.2, 0.25) is 0 Å². The maximum atomic E-state index is 12.5. The van der Waals surface area contributed by atoms with Crippen LogP contribution in [-0.2, 0) is 19.1 Å². The smallest absolute Gasteiger partial charge is 0.303 e. The van der Waals surface area contributed by atoms with E-state index in [0.29, 0.717) is 42.7 Å². The average molecular weight is 547 g/mol. The summed E-state index contributed by atoms with van der Waals surface area (Å²) in [5.41, 5.74) is -1.16. The largest absolute Gasteiger partial charge is 0.462 e. The summed E-state index contributed by atoms with van der Waals surface area (Å²) in [4.78, 5) is 36.3. The van der Waals surface area contributed by atoms with E-state index in [2.05, 4.69) is 39.7 Å². The van der Waals surface area contributed by atoms with Crippen molar-refractivity contribution < 1.29 is 24.1 Å². The number of hydrazone groups is 1. The van der Waals surface area contributed by atoms with Gasteiger partial charge in [0.25, 0.3) is 0 Å². The van der Waals surface area contributed by atoms with Crippen LogP contribution >= 0.6 is 0 Å². The molecule has 4 fully saturated rings. The maximum Gasteiger partial charge on any atom is 0.303 e. The molecule has 4 aliphatic rings. The van der Waals surface area contributed by atoms with Gasteiger partial charge in [0.2, 0.25) is 0 Å². The summed E-state index contributed by atoms with van der Waals surface area (Å²) in [6, 6.07) is 0. The lowest BCUT2D eigenvalue weighted by molar-refractivity contribution is -0.486. The first-order chi connectivity index (χ1) is 18.2. The molecule has 0 spiro atoms. The highest BCUT2D eigenvalue weighted by atomic mass is 16.7. The van der Waals surface area contributed by atoms with Gasteiger partial charge in [-0.2, -0.15) is 0 Å². The van der Waals surface area contributed by atoms with Crippen molar-refractivity contribution in [3.05, 3.63) is 10.1 Å². The fourth-order valence-corrected chi connectivity index (χ4v) is 10.0. The van der Waals surface area contributed by atoms with Gasteiger partial charge in [-0.3, -0.25) is 9.59 Å². The lowest BCUT2D eigenvalue weighted by atomic mass is 9.42. The van der Waals surface area contributed by atoms with Crippen LogP contribution in [0.5, 0.6) is 0 Å². The number of hydrogen-bond acceptors (Lipinski definition) is 6. The molecule has 9 atom stereocenters. The minimum atomic E-state index is -1.23. The molecule has 8 nitrogen and oxygen atoms in total. The molecule has 4 saturated carbocycles. The normalized spacial score (nSPS) is 41.3. The lowest BCUT2D eigenvalue weighted by Crippen LogP contribution is -2.69. The summed E-state index contributed by atoms with van der Waals surface area (Å²) in [5.74, 6) is 2.22. The van der Waals surface area contributed by atoms with Crippen LogP contribution in [0.4, 0.5) is 0 Å². The van der Waals surface area contributed by atoms with Crippen molar-refractivity contribution in [2.45, 2.75) is 131 Å². The van der Waals surface area contributed by atoms with Gasteiger partial charge in [0.05, 0.1) is 5.10 Å². The van der Waals surface area contributed by atoms with Crippen LogP contribution < -0.4 is 0 Å². The number of fused-ring (bicyclic) bond motifs is 5. The topological polar surface area (TPSA) is 108 Å². The van der Waals surface area contributed by atoms with Crippen LogP contribution in [0, 0.1) is 56.5 Å². The highest BCUT2D eigenvalue weighted by molar-refractivity contribution is 5.96. The van der Waals surface area contributed by atoms with Gasteiger partial charge in [-0.1, -0.05) is 53.9 Å². The monoisotopic (exact) mass is 546 g/mol. The molecule has 0 aromatic rings. The zero-order chi connectivity index (χ0) is 28.8. The van der Waals surface area contributed by atoms with E-state index >= 15 is 0 Å². The first-order valence-electron chi connectivity index (χ1n) is 15.3. The Labute approximate surface area is 234 Å². The molecule has 0 radical (unpaired) electrons. The van der Waals surface area contributed by atoms with Crippen LogP contribution in [-0.4, -0.2) is 34.4 Å². The molecular weight excluding hydrogens is 496 g/mol. The van der Waals surface area contributed by atoms with Gasteiger partial charge in [0.1, 0.15) is 11.8 Å². The van der Waals surface area contributed by atoms with Gasteiger partial charge >= 0.3 is 11.9 Å².